The lowest BCUT2D eigenvalue weighted by Crippen LogP contribution is -2.37. The number of methoxy groups -OCH3 is 2. The van der Waals surface area contributed by atoms with E-state index in [-0.39, 0.29) is 0 Å². The molecule has 38 heavy (non-hydrogen) atoms. The predicted octanol–water partition coefficient (Wildman–Crippen LogP) is 3.44. The third-order valence-electron chi connectivity index (χ3n) is 6.02. The van der Waals surface area contributed by atoms with Gasteiger partial charge >= 0.3 is 0 Å². The predicted molar refractivity (Wildman–Crippen MR) is 154 cm³/mol. The first kappa shape index (κ1) is 28.5. The maximum absolute atomic E-state index is 6.67. The van der Waals surface area contributed by atoms with Crippen LogP contribution in [-0.2, 0) is 11.3 Å². The molecule has 1 aliphatic rings. The van der Waals surface area contributed by atoms with E-state index in [9.17, 15) is 0 Å². The average molecular weight is 519 g/mol. The number of rotatable bonds is 11. The van der Waals surface area contributed by atoms with Crippen LogP contribution in [-0.4, -0.2) is 65.0 Å². The van der Waals surface area contributed by atoms with Crippen LogP contribution >= 0.6 is 0 Å². The number of aliphatic imine (C=N–C) groups is 2. The van der Waals surface area contributed by atoms with Crippen LogP contribution in [0, 0.1) is 6.92 Å². The molecule has 1 heterocycles. The first-order valence-electron chi connectivity index (χ1n) is 12.4. The second kappa shape index (κ2) is 14.6. The van der Waals surface area contributed by atoms with Gasteiger partial charge in [0, 0.05) is 31.8 Å². The molecule has 0 aromatic heterocycles. The minimum absolute atomic E-state index is 0.325. The Morgan fingerprint density at radius 1 is 1.16 bits per heavy atom. The smallest absolute Gasteiger partial charge is 0.172 e. The highest BCUT2D eigenvalue weighted by atomic mass is 16.5. The van der Waals surface area contributed by atoms with Crippen molar-refractivity contribution in [2.75, 3.05) is 47.6 Å². The van der Waals surface area contributed by atoms with Crippen LogP contribution in [0.15, 0.2) is 82.1 Å². The molecular formula is C29H38N6O3. The van der Waals surface area contributed by atoms with Crippen molar-refractivity contribution in [3.63, 3.8) is 0 Å². The number of amidine groups is 1. The fourth-order valence-electron chi connectivity index (χ4n) is 4.04. The van der Waals surface area contributed by atoms with Gasteiger partial charge in [-0.2, -0.15) is 0 Å². The molecule has 202 valence electrons. The summed E-state index contributed by atoms with van der Waals surface area (Å²) in [4.78, 5) is 11.0. The molecule has 4 N–H and O–H groups in total. The van der Waals surface area contributed by atoms with Gasteiger partial charge in [-0.25, -0.2) is 10.4 Å². The van der Waals surface area contributed by atoms with Gasteiger partial charge < -0.3 is 30.3 Å². The Morgan fingerprint density at radius 2 is 1.95 bits per heavy atom. The average Bonchev–Trinajstić information content (AvgIpc) is 2.95. The molecule has 2 aromatic rings. The number of nitrogens with two attached hydrogens (primary N) is 1. The fourth-order valence-corrected chi connectivity index (χ4v) is 4.04. The van der Waals surface area contributed by atoms with E-state index in [1.165, 1.54) is 5.56 Å². The van der Waals surface area contributed by atoms with E-state index >= 15 is 0 Å². The molecular weight excluding hydrogens is 480 g/mol. The van der Waals surface area contributed by atoms with E-state index in [0.29, 0.717) is 55.9 Å². The van der Waals surface area contributed by atoms with Gasteiger partial charge in [0.1, 0.15) is 17.2 Å². The lowest BCUT2D eigenvalue weighted by molar-refractivity contribution is 0.0551. The summed E-state index contributed by atoms with van der Waals surface area (Å²) in [5.74, 6) is 1.75. The number of hydrogen-bond donors (Lipinski definition) is 3. The highest BCUT2D eigenvalue weighted by Crippen LogP contribution is 2.25. The van der Waals surface area contributed by atoms with Crippen molar-refractivity contribution in [3.8, 4) is 11.5 Å². The summed E-state index contributed by atoms with van der Waals surface area (Å²) in [5, 5.41) is 0. The molecule has 1 fully saturated rings. The Balaban J connectivity index is 1.96. The Labute approximate surface area is 225 Å². The largest absolute Gasteiger partial charge is 0.497 e. The van der Waals surface area contributed by atoms with Crippen LogP contribution in [0.1, 0.15) is 16.7 Å². The molecule has 0 amide bonds. The van der Waals surface area contributed by atoms with Crippen molar-refractivity contribution in [2.45, 2.75) is 13.5 Å². The summed E-state index contributed by atoms with van der Waals surface area (Å²) in [5.41, 5.74) is 18.2. The Kier molecular flexibility index (Phi) is 11.0. The summed E-state index contributed by atoms with van der Waals surface area (Å²) in [6.07, 6.45) is 5.94. The molecule has 0 atom stereocenters. The number of nitrogens with zero attached hydrogens (tertiary/aromatic N) is 3. The minimum Gasteiger partial charge on any atom is -0.497 e. The number of ether oxygens (including phenoxy) is 3. The summed E-state index contributed by atoms with van der Waals surface area (Å²) < 4.78 is 16.4. The van der Waals surface area contributed by atoms with Crippen molar-refractivity contribution in [3.05, 3.63) is 88.8 Å². The Hall–Kier alpha value is -4.08. The SMILES string of the molecule is C=NC(=NCc1ccc(OC)cc1OC)\C(N)=C(/C=C/C=C(\NNC)c1cccc(C)c1)N1CCOCC1. The lowest BCUT2D eigenvalue weighted by atomic mass is 10.1. The van der Waals surface area contributed by atoms with E-state index < -0.39 is 0 Å². The van der Waals surface area contributed by atoms with E-state index in [4.69, 9.17) is 19.9 Å². The zero-order valence-electron chi connectivity index (χ0n) is 22.7. The van der Waals surface area contributed by atoms with Gasteiger partial charge in [0.2, 0.25) is 0 Å². The van der Waals surface area contributed by atoms with Crippen LogP contribution in [0.5, 0.6) is 11.5 Å². The van der Waals surface area contributed by atoms with Gasteiger partial charge in [0.05, 0.1) is 45.4 Å². The van der Waals surface area contributed by atoms with Gasteiger partial charge in [0.25, 0.3) is 0 Å². The molecule has 0 aliphatic carbocycles. The second-order valence-electron chi connectivity index (χ2n) is 8.56. The molecule has 2 aromatic carbocycles. The Bertz CT molecular complexity index is 1210. The van der Waals surface area contributed by atoms with E-state index in [1.54, 1.807) is 14.2 Å². The third-order valence-corrected chi connectivity index (χ3v) is 6.02. The molecule has 1 aliphatic heterocycles. The first-order chi connectivity index (χ1) is 18.5. The number of benzene rings is 2. The number of hydrogen-bond acceptors (Lipinski definition) is 8. The zero-order valence-corrected chi connectivity index (χ0v) is 22.7. The van der Waals surface area contributed by atoms with Gasteiger partial charge in [-0.1, -0.05) is 29.8 Å². The molecule has 0 saturated carbocycles. The highest BCUT2D eigenvalue weighted by molar-refractivity contribution is 6.01. The molecule has 0 unspecified atom stereocenters. The zero-order chi connectivity index (χ0) is 27.3. The number of nitrogens with one attached hydrogen (secondary N) is 2. The molecule has 1 saturated heterocycles. The monoisotopic (exact) mass is 518 g/mol. The Morgan fingerprint density at radius 3 is 2.61 bits per heavy atom. The number of allylic oxidation sites excluding steroid dienone is 3. The van der Waals surface area contributed by atoms with Gasteiger partial charge in [-0.3, -0.25) is 4.99 Å². The summed E-state index contributed by atoms with van der Waals surface area (Å²) in [7, 11) is 5.07. The van der Waals surface area contributed by atoms with Crippen molar-refractivity contribution in [1.82, 2.24) is 15.8 Å². The van der Waals surface area contributed by atoms with Crippen molar-refractivity contribution in [2.24, 2.45) is 15.7 Å². The van der Waals surface area contributed by atoms with Gasteiger partial charge in [-0.05, 0) is 49.6 Å². The van der Waals surface area contributed by atoms with Crippen molar-refractivity contribution in [1.29, 1.82) is 0 Å². The molecule has 0 spiro atoms. The molecule has 9 nitrogen and oxygen atoms in total. The lowest BCUT2D eigenvalue weighted by Gasteiger charge is -2.30. The van der Waals surface area contributed by atoms with Crippen LogP contribution in [0.2, 0.25) is 0 Å². The highest BCUT2D eigenvalue weighted by Gasteiger charge is 2.17. The second-order valence-corrected chi connectivity index (χ2v) is 8.56. The minimum atomic E-state index is 0.325. The van der Waals surface area contributed by atoms with Gasteiger partial charge in [0.15, 0.2) is 5.84 Å². The molecule has 0 radical (unpaired) electrons. The third kappa shape index (κ3) is 7.71. The fraction of sp³-hybridized carbons (Fsp3) is 0.310. The summed E-state index contributed by atoms with van der Waals surface area (Å²) in [6, 6.07) is 13.9. The number of aryl methyl sites for hydroxylation is 1. The van der Waals surface area contributed by atoms with Crippen LogP contribution < -0.4 is 26.1 Å². The van der Waals surface area contributed by atoms with Crippen LogP contribution in [0.25, 0.3) is 5.70 Å². The van der Waals surface area contributed by atoms with E-state index in [1.807, 2.05) is 49.5 Å². The van der Waals surface area contributed by atoms with Crippen LogP contribution in [0.4, 0.5) is 0 Å². The van der Waals surface area contributed by atoms with E-state index in [2.05, 4.69) is 57.6 Å². The number of hydrazine groups is 1. The first-order valence-corrected chi connectivity index (χ1v) is 12.4. The quantitative estimate of drug-likeness (QED) is 0.181. The summed E-state index contributed by atoms with van der Waals surface area (Å²) >= 11 is 0. The molecule has 0 bridgehead atoms. The van der Waals surface area contributed by atoms with Crippen LogP contribution in [0.3, 0.4) is 0 Å². The molecule has 9 heteroatoms. The normalized spacial score (nSPS) is 15.3. The number of morpholine rings is 1. The van der Waals surface area contributed by atoms with Crippen molar-refractivity contribution >= 4 is 18.3 Å². The van der Waals surface area contributed by atoms with Crippen molar-refractivity contribution < 1.29 is 14.2 Å². The summed E-state index contributed by atoms with van der Waals surface area (Å²) in [6.45, 7) is 8.78. The topological polar surface area (TPSA) is 106 Å². The maximum atomic E-state index is 6.67. The molecule has 3 rings (SSSR count). The maximum Gasteiger partial charge on any atom is 0.172 e. The van der Waals surface area contributed by atoms with E-state index in [0.717, 1.165) is 22.5 Å². The standard InChI is InChI=1S/C29H38N6O3/c1-21-8-6-9-22(18-21)25(34-32-3)10-7-11-26(35-14-16-38-17-15-35)28(30)29(31-2)33-20-23-12-13-24(36-4)19-27(23)37-5/h6-13,18-19,32,34H,2,14-17,20,30H2,1,3-5H3/b11-7+,25-10-,28-26-,33-29?. The van der Waals surface area contributed by atoms with Gasteiger partial charge in [-0.15, -0.1) is 0 Å².